The molecule has 4 rings (SSSR count). The molecule has 3 aromatic rings. The van der Waals surface area contributed by atoms with E-state index in [4.69, 9.17) is 19.3 Å². The molecule has 4 heterocycles. The van der Waals surface area contributed by atoms with Crippen LogP contribution >= 0.6 is 0 Å². The summed E-state index contributed by atoms with van der Waals surface area (Å²) in [5.74, 6) is 3.03. The molecule has 0 atom stereocenters. The van der Waals surface area contributed by atoms with Crippen molar-refractivity contribution in [2.75, 3.05) is 32.2 Å². The van der Waals surface area contributed by atoms with E-state index in [1.54, 1.807) is 24.9 Å². The molecule has 0 saturated carbocycles. The largest absolute Gasteiger partial charge is 0.489 e. The molecule has 29 heavy (non-hydrogen) atoms. The Hall–Kier alpha value is -2.94. The van der Waals surface area contributed by atoms with Gasteiger partial charge >= 0.3 is 0 Å². The van der Waals surface area contributed by atoms with Crippen LogP contribution in [0.25, 0.3) is 5.65 Å². The van der Waals surface area contributed by atoms with Crippen molar-refractivity contribution < 1.29 is 14.2 Å². The van der Waals surface area contributed by atoms with Gasteiger partial charge in [0, 0.05) is 50.2 Å². The molecule has 9 heteroatoms. The van der Waals surface area contributed by atoms with Gasteiger partial charge in [-0.05, 0) is 19.9 Å². The van der Waals surface area contributed by atoms with Crippen LogP contribution in [0, 0.1) is 13.8 Å². The lowest BCUT2D eigenvalue weighted by Crippen LogP contribution is -2.39. The minimum absolute atomic E-state index is 0.158. The van der Waals surface area contributed by atoms with Crippen LogP contribution in [-0.2, 0) is 11.3 Å². The van der Waals surface area contributed by atoms with Crippen LogP contribution in [0.15, 0.2) is 18.3 Å². The minimum atomic E-state index is 0.158. The average Bonchev–Trinajstić information content (AvgIpc) is 3.15. The van der Waals surface area contributed by atoms with Crippen molar-refractivity contribution in [3.8, 4) is 11.6 Å². The summed E-state index contributed by atoms with van der Waals surface area (Å²) in [4.78, 5) is 6.51. The Morgan fingerprint density at radius 3 is 2.52 bits per heavy atom. The van der Waals surface area contributed by atoms with E-state index in [1.165, 1.54) is 0 Å². The molecule has 1 fully saturated rings. The quantitative estimate of drug-likeness (QED) is 0.625. The summed E-state index contributed by atoms with van der Waals surface area (Å²) in [5.41, 5.74) is 3.00. The number of aromatic nitrogens is 5. The molecule has 3 aromatic heterocycles. The van der Waals surface area contributed by atoms with E-state index >= 15 is 0 Å². The van der Waals surface area contributed by atoms with Crippen molar-refractivity contribution >= 4 is 11.5 Å². The van der Waals surface area contributed by atoms with Gasteiger partial charge in [-0.3, -0.25) is 0 Å². The highest BCUT2D eigenvalue weighted by molar-refractivity contribution is 5.59. The molecule has 9 nitrogen and oxygen atoms in total. The second-order valence-electron chi connectivity index (χ2n) is 7.20. The van der Waals surface area contributed by atoms with Crippen molar-refractivity contribution in [3.63, 3.8) is 0 Å². The van der Waals surface area contributed by atoms with Crippen LogP contribution in [0.5, 0.6) is 11.6 Å². The van der Waals surface area contributed by atoms with Crippen LogP contribution in [0.2, 0.25) is 0 Å². The van der Waals surface area contributed by atoms with Gasteiger partial charge in [0.2, 0.25) is 5.88 Å². The number of methoxy groups -OCH3 is 2. The molecule has 0 aromatic carbocycles. The number of hydrogen-bond acceptors (Lipinski definition) is 8. The lowest BCUT2D eigenvalue weighted by atomic mass is 10.1. The molecule has 0 unspecified atom stereocenters. The number of rotatable bonds is 6. The van der Waals surface area contributed by atoms with Crippen molar-refractivity contribution in [2.45, 2.75) is 39.4 Å². The fraction of sp³-hybridized carbons (Fsp3) is 0.500. The van der Waals surface area contributed by atoms with Crippen molar-refractivity contribution in [1.29, 1.82) is 0 Å². The molecule has 0 radical (unpaired) electrons. The van der Waals surface area contributed by atoms with Gasteiger partial charge < -0.3 is 19.1 Å². The third-order valence-electron chi connectivity index (χ3n) is 5.37. The third-order valence-corrected chi connectivity index (χ3v) is 5.37. The minimum Gasteiger partial charge on any atom is -0.489 e. The van der Waals surface area contributed by atoms with Gasteiger partial charge in [-0.15, -0.1) is 15.3 Å². The summed E-state index contributed by atoms with van der Waals surface area (Å²) in [6, 6.07) is 3.71. The van der Waals surface area contributed by atoms with Crippen LogP contribution in [-0.4, -0.2) is 58.2 Å². The predicted molar refractivity (Wildman–Crippen MR) is 108 cm³/mol. The first kappa shape index (κ1) is 19.4. The van der Waals surface area contributed by atoms with Crippen molar-refractivity contribution in [1.82, 2.24) is 24.8 Å². The van der Waals surface area contributed by atoms with Gasteiger partial charge in [0.05, 0.1) is 13.3 Å². The monoisotopic (exact) mass is 398 g/mol. The molecule has 0 N–H and O–H groups in total. The normalized spacial score (nSPS) is 15.1. The maximum atomic E-state index is 6.09. The van der Waals surface area contributed by atoms with Crippen LogP contribution in [0.4, 0.5) is 5.82 Å². The summed E-state index contributed by atoms with van der Waals surface area (Å²) < 4.78 is 18.2. The highest BCUT2D eigenvalue weighted by Crippen LogP contribution is 2.27. The number of ether oxygens (including phenoxy) is 3. The Morgan fingerprint density at radius 2 is 1.86 bits per heavy atom. The lowest BCUT2D eigenvalue weighted by molar-refractivity contribution is 0.169. The second kappa shape index (κ2) is 8.20. The number of piperidine rings is 1. The highest BCUT2D eigenvalue weighted by atomic mass is 16.5. The van der Waals surface area contributed by atoms with E-state index in [0.29, 0.717) is 18.3 Å². The fourth-order valence-electron chi connectivity index (χ4n) is 3.61. The topological polar surface area (TPSA) is 86.9 Å². The average molecular weight is 398 g/mol. The van der Waals surface area contributed by atoms with E-state index in [9.17, 15) is 0 Å². The zero-order chi connectivity index (χ0) is 20.4. The summed E-state index contributed by atoms with van der Waals surface area (Å²) >= 11 is 0. The first-order valence-corrected chi connectivity index (χ1v) is 9.72. The summed E-state index contributed by atoms with van der Waals surface area (Å²) in [7, 11) is 3.25. The number of aryl methyl sites for hydroxylation is 1. The molecular weight excluding hydrogens is 372 g/mol. The number of hydrogen-bond donors (Lipinski definition) is 0. The van der Waals surface area contributed by atoms with Crippen LogP contribution in [0.3, 0.4) is 0 Å². The second-order valence-corrected chi connectivity index (χ2v) is 7.20. The van der Waals surface area contributed by atoms with Gasteiger partial charge in [0.1, 0.15) is 18.5 Å². The maximum absolute atomic E-state index is 6.09. The van der Waals surface area contributed by atoms with E-state index < -0.39 is 0 Å². The molecule has 0 bridgehead atoms. The van der Waals surface area contributed by atoms with Gasteiger partial charge in [-0.25, -0.2) is 4.98 Å². The standard InChI is InChI=1S/C20H26N6O3/c1-13-14(2)20(24-26-17(12-27-3)22-23-19(13)26)25-9-7-15(8-10-25)29-16-5-6-18(28-4)21-11-16/h5-6,11,15H,7-10,12H2,1-4H3. The van der Waals surface area contributed by atoms with Crippen LogP contribution in [0.1, 0.15) is 29.8 Å². The number of fused-ring (bicyclic) bond motifs is 1. The molecular formula is C20H26N6O3. The van der Waals surface area contributed by atoms with Crippen LogP contribution < -0.4 is 14.4 Å². The van der Waals surface area contributed by atoms with E-state index in [-0.39, 0.29) is 6.10 Å². The summed E-state index contributed by atoms with van der Waals surface area (Å²) in [6.07, 6.45) is 3.69. The first-order chi connectivity index (χ1) is 14.1. The molecule has 0 amide bonds. The Bertz CT molecular complexity index is 980. The number of nitrogens with zero attached hydrogens (tertiary/aromatic N) is 6. The van der Waals surface area contributed by atoms with Gasteiger partial charge in [0.15, 0.2) is 17.3 Å². The Morgan fingerprint density at radius 1 is 1.07 bits per heavy atom. The van der Waals surface area contributed by atoms with E-state index in [0.717, 1.165) is 54.3 Å². The van der Waals surface area contributed by atoms with Crippen molar-refractivity contribution in [2.24, 2.45) is 0 Å². The fourth-order valence-corrected chi connectivity index (χ4v) is 3.61. The molecule has 1 aliphatic heterocycles. The molecule has 154 valence electrons. The lowest BCUT2D eigenvalue weighted by Gasteiger charge is -2.33. The van der Waals surface area contributed by atoms with Gasteiger partial charge in [-0.1, -0.05) is 0 Å². The molecule has 1 saturated heterocycles. The summed E-state index contributed by atoms with van der Waals surface area (Å²) in [6.45, 7) is 6.27. The van der Waals surface area contributed by atoms with Gasteiger partial charge in [0.25, 0.3) is 0 Å². The maximum Gasteiger partial charge on any atom is 0.213 e. The van der Waals surface area contributed by atoms with E-state index in [2.05, 4.69) is 33.9 Å². The van der Waals surface area contributed by atoms with E-state index in [1.807, 2.05) is 12.1 Å². The molecule has 0 aliphatic carbocycles. The highest BCUT2D eigenvalue weighted by Gasteiger charge is 2.25. The predicted octanol–water partition coefficient (Wildman–Crippen LogP) is 2.34. The number of anilines is 1. The molecule has 0 spiro atoms. The summed E-state index contributed by atoms with van der Waals surface area (Å²) in [5, 5.41) is 13.3. The smallest absolute Gasteiger partial charge is 0.213 e. The van der Waals surface area contributed by atoms with Crippen molar-refractivity contribution in [3.05, 3.63) is 35.3 Å². The Labute approximate surface area is 169 Å². The Balaban J connectivity index is 1.48. The first-order valence-electron chi connectivity index (χ1n) is 9.72. The SMILES string of the molecule is COCc1nnc2c(C)c(C)c(N3CCC(Oc4ccc(OC)nc4)CC3)nn12. The Kier molecular flexibility index (Phi) is 5.48. The zero-order valence-corrected chi connectivity index (χ0v) is 17.3. The third kappa shape index (κ3) is 3.82. The number of pyridine rings is 1. The zero-order valence-electron chi connectivity index (χ0n) is 17.3. The molecule has 1 aliphatic rings. The van der Waals surface area contributed by atoms with Gasteiger partial charge in [-0.2, -0.15) is 4.52 Å².